The number of ether oxygens (including phenoxy) is 1. The molecule has 0 aromatic carbocycles. The molecule has 0 bridgehead atoms. The van der Waals surface area contributed by atoms with Gasteiger partial charge in [0.25, 0.3) is 0 Å². The normalized spacial score (nSPS) is 22.9. The highest BCUT2D eigenvalue weighted by Crippen LogP contribution is 2.26. The standard InChI is InChI=1S/C9H13N3O/c10-9-11-5-7(6-12-9)8-3-1-2-4-13-8/h5-6,8H,1-4H2,(H2,10,11,12). The molecule has 1 aliphatic heterocycles. The summed E-state index contributed by atoms with van der Waals surface area (Å²) in [6, 6.07) is 0. The van der Waals surface area contributed by atoms with E-state index in [1.807, 2.05) is 0 Å². The molecule has 0 aliphatic carbocycles. The summed E-state index contributed by atoms with van der Waals surface area (Å²) in [5, 5.41) is 0. The lowest BCUT2D eigenvalue weighted by atomic mass is 10.0. The van der Waals surface area contributed by atoms with Crippen LogP contribution in [0.25, 0.3) is 0 Å². The molecule has 2 rings (SSSR count). The Kier molecular flexibility index (Phi) is 2.40. The molecule has 4 heteroatoms. The minimum Gasteiger partial charge on any atom is -0.373 e. The molecular formula is C9H13N3O. The van der Waals surface area contributed by atoms with Crippen molar-refractivity contribution in [2.24, 2.45) is 0 Å². The molecule has 0 spiro atoms. The number of anilines is 1. The number of nitrogens with zero attached hydrogens (tertiary/aromatic N) is 2. The maximum absolute atomic E-state index is 5.58. The predicted molar refractivity (Wildman–Crippen MR) is 49.0 cm³/mol. The van der Waals surface area contributed by atoms with Crippen molar-refractivity contribution in [3.8, 4) is 0 Å². The van der Waals surface area contributed by atoms with Gasteiger partial charge in [-0.2, -0.15) is 0 Å². The summed E-state index contributed by atoms with van der Waals surface area (Å²) >= 11 is 0. The zero-order valence-corrected chi connectivity index (χ0v) is 7.44. The van der Waals surface area contributed by atoms with Crippen molar-refractivity contribution >= 4 is 5.95 Å². The van der Waals surface area contributed by atoms with Crippen molar-refractivity contribution in [1.29, 1.82) is 0 Å². The van der Waals surface area contributed by atoms with Gasteiger partial charge in [0.1, 0.15) is 0 Å². The van der Waals surface area contributed by atoms with E-state index < -0.39 is 0 Å². The van der Waals surface area contributed by atoms with Crippen LogP contribution < -0.4 is 5.73 Å². The number of hydrogen-bond donors (Lipinski definition) is 1. The minimum absolute atomic E-state index is 0.175. The second-order valence-electron chi connectivity index (χ2n) is 3.23. The molecule has 1 aromatic rings. The van der Waals surface area contributed by atoms with E-state index in [1.165, 1.54) is 6.42 Å². The third kappa shape index (κ3) is 1.95. The minimum atomic E-state index is 0.175. The van der Waals surface area contributed by atoms with E-state index in [0.717, 1.165) is 25.0 Å². The number of aromatic nitrogens is 2. The Morgan fingerprint density at radius 1 is 1.31 bits per heavy atom. The van der Waals surface area contributed by atoms with Crippen molar-refractivity contribution in [3.05, 3.63) is 18.0 Å². The quantitative estimate of drug-likeness (QED) is 0.705. The predicted octanol–water partition coefficient (Wildman–Crippen LogP) is 1.30. The van der Waals surface area contributed by atoms with Crippen molar-refractivity contribution in [2.75, 3.05) is 12.3 Å². The zero-order chi connectivity index (χ0) is 9.10. The molecule has 1 aliphatic rings. The van der Waals surface area contributed by atoms with Gasteiger partial charge >= 0.3 is 0 Å². The second kappa shape index (κ2) is 3.70. The third-order valence-corrected chi connectivity index (χ3v) is 2.24. The number of nitrogen functional groups attached to an aromatic ring is 1. The van der Waals surface area contributed by atoms with Gasteiger partial charge in [-0.3, -0.25) is 0 Å². The fourth-order valence-corrected chi connectivity index (χ4v) is 1.52. The molecule has 1 atom stereocenters. The first-order valence-electron chi connectivity index (χ1n) is 4.55. The molecule has 70 valence electrons. The van der Waals surface area contributed by atoms with E-state index in [1.54, 1.807) is 12.4 Å². The molecule has 1 fully saturated rings. The number of rotatable bonds is 1. The summed E-state index contributed by atoms with van der Waals surface area (Å²) in [5.74, 6) is 0.319. The van der Waals surface area contributed by atoms with Crippen LogP contribution in [0.5, 0.6) is 0 Å². The summed E-state index contributed by atoms with van der Waals surface area (Å²) in [7, 11) is 0. The van der Waals surface area contributed by atoms with E-state index in [-0.39, 0.29) is 6.10 Å². The van der Waals surface area contributed by atoms with Crippen LogP contribution in [0.4, 0.5) is 5.95 Å². The van der Waals surface area contributed by atoms with E-state index >= 15 is 0 Å². The van der Waals surface area contributed by atoms with Gasteiger partial charge in [-0.15, -0.1) is 0 Å². The first kappa shape index (κ1) is 8.44. The van der Waals surface area contributed by atoms with Gasteiger partial charge in [-0.05, 0) is 19.3 Å². The molecule has 0 amide bonds. The fourth-order valence-electron chi connectivity index (χ4n) is 1.52. The van der Waals surface area contributed by atoms with Crippen LogP contribution in [-0.4, -0.2) is 16.6 Å². The average Bonchev–Trinajstić information content (AvgIpc) is 2.20. The molecule has 2 N–H and O–H groups in total. The summed E-state index contributed by atoms with van der Waals surface area (Å²) in [4.78, 5) is 7.88. The second-order valence-corrected chi connectivity index (χ2v) is 3.23. The highest BCUT2D eigenvalue weighted by Gasteiger charge is 2.16. The van der Waals surface area contributed by atoms with Gasteiger partial charge in [0, 0.05) is 24.6 Å². The maximum atomic E-state index is 5.58. The molecule has 2 heterocycles. The molecular weight excluding hydrogens is 166 g/mol. The first-order chi connectivity index (χ1) is 6.36. The Morgan fingerprint density at radius 3 is 2.69 bits per heavy atom. The average molecular weight is 179 g/mol. The summed E-state index contributed by atoms with van der Waals surface area (Å²) < 4.78 is 5.58. The Balaban J connectivity index is 2.10. The largest absolute Gasteiger partial charge is 0.373 e. The van der Waals surface area contributed by atoms with Gasteiger partial charge in [-0.25, -0.2) is 9.97 Å². The smallest absolute Gasteiger partial charge is 0.219 e. The van der Waals surface area contributed by atoms with Gasteiger partial charge in [-0.1, -0.05) is 0 Å². The van der Waals surface area contributed by atoms with Crippen LogP contribution in [0, 0.1) is 0 Å². The lowest BCUT2D eigenvalue weighted by Gasteiger charge is -2.22. The van der Waals surface area contributed by atoms with E-state index in [0.29, 0.717) is 5.95 Å². The lowest BCUT2D eigenvalue weighted by Crippen LogP contribution is -2.12. The number of nitrogens with two attached hydrogens (primary N) is 1. The summed E-state index contributed by atoms with van der Waals surface area (Å²) in [5.41, 5.74) is 6.43. The maximum Gasteiger partial charge on any atom is 0.219 e. The zero-order valence-electron chi connectivity index (χ0n) is 7.44. The topological polar surface area (TPSA) is 61.0 Å². The Labute approximate surface area is 77.1 Å². The Hall–Kier alpha value is -1.16. The fraction of sp³-hybridized carbons (Fsp3) is 0.556. The summed E-state index contributed by atoms with van der Waals surface area (Å²) in [6.45, 7) is 0.842. The molecule has 1 unspecified atom stereocenters. The van der Waals surface area contributed by atoms with Crippen molar-refractivity contribution in [3.63, 3.8) is 0 Å². The van der Waals surface area contributed by atoms with Crippen LogP contribution >= 0.6 is 0 Å². The van der Waals surface area contributed by atoms with Gasteiger partial charge in [0.2, 0.25) is 5.95 Å². The molecule has 0 radical (unpaired) electrons. The highest BCUT2D eigenvalue weighted by atomic mass is 16.5. The van der Waals surface area contributed by atoms with E-state index in [4.69, 9.17) is 10.5 Å². The Morgan fingerprint density at radius 2 is 2.08 bits per heavy atom. The van der Waals surface area contributed by atoms with Crippen molar-refractivity contribution in [1.82, 2.24) is 9.97 Å². The summed E-state index contributed by atoms with van der Waals surface area (Å²) in [6.07, 6.45) is 7.11. The molecule has 0 saturated carbocycles. The van der Waals surface area contributed by atoms with Gasteiger partial charge in [0.15, 0.2) is 0 Å². The van der Waals surface area contributed by atoms with Crippen molar-refractivity contribution in [2.45, 2.75) is 25.4 Å². The monoisotopic (exact) mass is 179 g/mol. The SMILES string of the molecule is Nc1ncc(C2CCCCO2)cn1. The molecule has 1 aromatic heterocycles. The molecule has 1 saturated heterocycles. The van der Waals surface area contributed by atoms with Crippen LogP contribution in [0.15, 0.2) is 12.4 Å². The van der Waals surface area contributed by atoms with Gasteiger partial charge in [0.05, 0.1) is 6.10 Å². The number of hydrogen-bond acceptors (Lipinski definition) is 4. The van der Waals surface area contributed by atoms with Gasteiger partial charge < -0.3 is 10.5 Å². The Bertz CT molecular complexity index is 267. The molecule has 4 nitrogen and oxygen atoms in total. The van der Waals surface area contributed by atoms with E-state index in [2.05, 4.69) is 9.97 Å². The lowest BCUT2D eigenvalue weighted by molar-refractivity contribution is 0.0145. The van der Waals surface area contributed by atoms with Crippen LogP contribution in [0.1, 0.15) is 30.9 Å². The van der Waals surface area contributed by atoms with Crippen LogP contribution in [0.2, 0.25) is 0 Å². The first-order valence-corrected chi connectivity index (χ1v) is 4.55. The van der Waals surface area contributed by atoms with Crippen molar-refractivity contribution < 1.29 is 4.74 Å². The van der Waals surface area contributed by atoms with E-state index in [9.17, 15) is 0 Å². The van der Waals surface area contributed by atoms with Crippen LogP contribution in [-0.2, 0) is 4.74 Å². The highest BCUT2D eigenvalue weighted by molar-refractivity contribution is 5.18. The third-order valence-electron chi connectivity index (χ3n) is 2.24. The van der Waals surface area contributed by atoms with Crippen LogP contribution in [0.3, 0.4) is 0 Å². The molecule has 13 heavy (non-hydrogen) atoms.